The van der Waals surface area contributed by atoms with Crippen LogP contribution in [0.5, 0.6) is 11.5 Å². The van der Waals surface area contributed by atoms with E-state index in [1.165, 1.54) is 6.08 Å². The van der Waals surface area contributed by atoms with Crippen molar-refractivity contribution < 1.29 is 23.5 Å². The second kappa shape index (κ2) is 10.3. The van der Waals surface area contributed by atoms with E-state index in [0.29, 0.717) is 42.8 Å². The van der Waals surface area contributed by atoms with Crippen molar-refractivity contribution in [3.05, 3.63) is 65.9 Å². The van der Waals surface area contributed by atoms with Crippen LogP contribution in [0.1, 0.15) is 29.0 Å². The Labute approximate surface area is 193 Å². The molecular formula is C26H28N2O5. The molecular weight excluding hydrogens is 420 g/mol. The summed E-state index contributed by atoms with van der Waals surface area (Å²) in [5.41, 5.74) is 1.57. The van der Waals surface area contributed by atoms with Crippen LogP contribution in [0.2, 0.25) is 0 Å². The number of rotatable bonds is 7. The Morgan fingerprint density at radius 1 is 1.06 bits per heavy atom. The summed E-state index contributed by atoms with van der Waals surface area (Å²) in [4.78, 5) is 26.9. The fourth-order valence-corrected chi connectivity index (χ4v) is 4.02. The van der Waals surface area contributed by atoms with Gasteiger partial charge in [-0.05, 0) is 54.7 Å². The third kappa shape index (κ3) is 5.37. The van der Waals surface area contributed by atoms with Gasteiger partial charge in [0.1, 0.15) is 5.58 Å². The maximum Gasteiger partial charge on any atom is 0.289 e. The Hall–Kier alpha value is -3.74. The minimum atomic E-state index is -0.148. The number of furan rings is 1. The predicted molar refractivity (Wildman–Crippen MR) is 126 cm³/mol. The van der Waals surface area contributed by atoms with Gasteiger partial charge >= 0.3 is 0 Å². The van der Waals surface area contributed by atoms with Gasteiger partial charge in [-0.1, -0.05) is 24.3 Å². The highest BCUT2D eigenvalue weighted by Gasteiger charge is 2.25. The number of nitrogens with zero attached hydrogens (tertiary/aromatic N) is 1. The first-order chi connectivity index (χ1) is 16.1. The largest absolute Gasteiger partial charge is 0.493 e. The molecule has 33 heavy (non-hydrogen) atoms. The average Bonchev–Trinajstić information content (AvgIpc) is 3.30. The molecule has 3 aromatic rings. The zero-order chi connectivity index (χ0) is 23.2. The molecule has 1 aromatic heterocycles. The van der Waals surface area contributed by atoms with Crippen molar-refractivity contribution in [2.75, 3.05) is 33.9 Å². The van der Waals surface area contributed by atoms with Gasteiger partial charge in [0.05, 0.1) is 14.2 Å². The maximum atomic E-state index is 12.8. The predicted octanol–water partition coefficient (Wildman–Crippen LogP) is 4.13. The number of carbonyl (C=O) groups excluding carboxylic acids is 2. The number of hydrogen-bond donors (Lipinski definition) is 1. The van der Waals surface area contributed by atoms with E-state index >= 15 is 0 Å². The Balaban J connectivity index is 1.24. The van der Waals surface area contributed by atoms with Crippen molar-refractivity contribution in [2.45, 2.75) is 12.8 Å². The molecule has 0 spiro atoms. The number of para-hydroxylation sites is 1. The van der Waals surface area contributed by atoms with Crippen molar-refractivity contribution in [1.29, 1.82) is 0 Å². The number of benzene rings is 2. The zero-order valence-electron chi connectivity index (χ0n) is 18.9. The molecule has 0 saturated carbocycles. The smallest absolute Gasteiger partial charge is 0.289 e. The van der Waals surface area contributed by atoms with Crippen LogP contribution in [-0.4, -0.2) is 50.6 Å². The number of nitrogens with one attached hydrogen (secondary N) is 1. The van der Waals surface area contributed by atoms with Gasteiger partial charge in [-0.25, -0.2) is 0 Å². The number of piperidine rings is 1. The normalized spacial score (nSPS) is 14.5. The van der Waals surface area contributed by atoms with E-state index in [2.05, 4.69) is 5.32 Å². The Morgan fingerprint density at radius 3 is 2.55 bits per heavy atom. The summed E-state index contributed by atoms with van der Waals surface area (Å²) in [5.74, 6) is 1.75. The molecule has 0 bridgehead atoms. The summed E-state index contributed by atoms with van der Waals surface area (Å²) in [6, 6.07) is 14.9. The van der Waals surface area contributed by atoms with Crippen LogP contribution in [0.15, 0.2) is 59.0 Å². The second-order valence-electron chi connectivity index (χ2n) is 8.08. The van der Waals surface area contributed by atoms with Crippen molar-refractivity contribution in [2.24, 2.45) is 5.92 Å². The SMILES string of the molecule is COc1ccc(/C=C/C(=O)NCC2CCN(C(=O)c3cc4ccccc4o3)CC2)cc1OC. The van der Waals surface area contributed by atoms with Crippen LogP contribution < -0.4 is 14.8 Å². The van der Waals surface area contributed by atoms with E-state index in [-0.39, 0.29) is 11.8 Å². The minimum absolute atomic E-state index is 0.0773. The van der Waals surface area contributed by atoms with Crippen LogP contribution in [0.4, 0.5) is 0 Å². The van der Waals surface area contributed by atoms with Gasteiger partial charge in [-0.15, -0.1) is 0 Å². The van der Waals surface area contributed by atoms with E-state index < -0.39 is 0 Å². The van der Waals surface area contributed by atoms with Crippen molar-refractivity contribution in [1.82, 2.24) is 10.2 Å². The fraction of sp³-hybridized carbons (Fsp3) is 0.308. The van der Waals surface area contributed by atoms with Gasteiger partial charge < -0.3 is 24.1 Å². The summed E-state index contributed by atoms with van der Waals surface area (Å²) < 4.78 is 16.2. The quantitative estimate of drug-likeness (QED) is 0.550. The van der Waals surface area contributed by atoms with Crippen molar-refractivity contribution >= 4 is 28.9 Å². The lowest BCUT2D eigenvalue weighted by Crippen LogP contribution is -2.41. The molecule has 7 heteroatoms. The number of amides is 2. The number of methoxy groups -OCH3 is 2. The second-order valence-corrected chi connectivity index (χ2v) is 8.08. The Kier molecular flexibility index (Phi) is 6.98. The van der Waals surface area contributed by atoms with Crippen LogP contribution in [0.25, 0.3) is 17.0 Å². The van der Waals surface area contributed by atoms with Gasteiger partial charge in [0.2, 0.25) is 5.91 Å². The molecule has 1 N–H and O–H groups in total. The number of carbonyl (C=O) groups is 2. The first-order valence-electron chi connectivity index (χ1n) is 11.0. The van der Waals surface area contributed by atoms with Crippen LogP contribution in [0, 0.1) is 5.92 Å². The molecule has 1 fully saturated rings. The standard InChI is InChI=1S/C26H28N2O5/c1-31-22-9-7-18(15-23(22)32-2)8-10-25(29)27-17-19-11-13-28(14-12-19)26(30)24-16-20-5-3-4-6-21(20)33-24/h3-10,15-16,19H,11-14,17H2,1-2H3,(H,27,29)/b10-8+. The van der Waals surface area contributed by atoms with Crippen LogP contribution in [-0.2, 0) is 4.79 Å². The molecule has 2 amide bonds. The first-order valence-corrected chi connectivity index (χ1v) is 11.0. The van der Waals surface area contributed by atoms with Gasteiger partial charge in [-0.3, -0.25) is 9.59 Å². The molecule has 0 unspecified atom stereocenters. The molecule has 1 aliphatic rings. The number of likely N-dealkylation sites (tertiary alicyclic amines) is 1. The fourth-order valence-electron chi connectivity index (χ4n) is 4.02. The zero-order valence-corrected chi connectivity index (χ0v) is 18.9. The van der Waals surface area contributed by atoms with E-state index in [4.69, 9.17) is 13.9 Å². The van der Waals surface area contributed by atoms with Crippen molar-refractivity contribution in [3.8, 4) is 11.5 Å². The van der Waals surface area contributed by atoms with Gasteiger partial charge in [0.25, 0.3) is 5.91 Å². The minimum Gasteiger partial charge on any atom is -0.493 e. The molecule has 172 valence electrons. The molecule has 0 aliphatic carbocycles. The highest BCUT2D eigenvalue weighted by molar-refractivity contribution is 5.96. The molecule has 0 radical (unpaired) electrons. The van der Waals surface area contributed by atoms with E-state index in [1.807, 2.05) is 41.3 Å². The third-order valence-corrected chi connectivity index (χ3v) is 5.94. The lowest BCUT2D eigenvalue weighted by Gasteiger charge is -2.31. The van der Waals surface area contributed by atoms with Gasteiger partial charge in [-0.2, -0.15) is 0 Å². The number of ether oxygens (including phenoxy) is 2. The molecule has 1 aliphatic heterocycles. The summed E-state index contributed by atoms with van der Waals surface area (Å²) in [6.45, 7) is 1.89. The van der Waals surface area contributed by atoms with Gasteiger partial charge in [0.15, 0.2) is 17.3 Å². The lowest BCUT2D eigenvalue weighted by molar-refractivity contribution is -0.116. The van der Waals surface area contributed by atoms with Crippen molar-refractivity contribution in [3.63, 3.8) is 0 Å². The van der Waals surface area contributed by atoms with E-state index in [1.54, 1.807) is 32.4 Å². The van der Waals surface area contributed by atoms with Gasteiger partial charge in [0, 0.05) is 31.1 Å². The summed E-state index contributed by atoms with van der Waals surface area (Å²) in [6.07, 6.45) is 4.94. The Morgan fingerprint density at radius 2 is 1.82 bits per heavy atom. The summed E-state index contributed by atoms with van der Waals surface area (Å²) in [7, 11) is 3.16. The Bertz CT molecular complexity index is 1130. The topological polar surface area (TPSA) is 81.0 Å². The van der Waals surface area contributed by atoms with Crippen LogP contribution in [0.3, 0.4) is 0 Å². The molecule has 7 nitrogen and oxygen atoms in total. The molecule has 2 aromatic carbocycles. The monoisotopic (exact) mass is 448 g/mol. The molecule has 4 rings (SSSR count). The summed E-state index contributed by atoms with van der Waals surface area (Å²) >= 11 is 0. The lowest BCUT2D eigenvalue weighted by atomic mass is 9.96. The maximum absolute atomic E-state index is 12.8. The highest BCUT2D eigenvalue weighted by Crippen LogP contribution is 2.28. The number of fused-ring (bicyclic) bond motifs is 1. The van der Waals surface area contributed by atoms with Crippen LogP contribution >= 0.6 is 0 Å². The molecule has 2 heterocycles. The summed E-state index contributed by atoms with van der Waals surface area (Å²) in [5, 5.41) is 3.89. The average molecular weight is 449 g/mol. The highest BCUT2D eigenvalue weighted by atomic mass is 16.5. The van der Waals surface area contributed by atoms with E-state index in [0.717, 1.165) is 29.4 Å². The molecule has 0 atom stereocenters. The van der Waals surface area contributed by atoms with E-state index in [9.17, 15) is 9.59 Å². The third-order valence-electron chi connectivity index (χ3n) is 5.94. The molecule has 1 saturated heterocycles. The number of hydrogen-bond acceptors (Lipinski definition) is 5. The first kappa shape index (κ1) is 22.5.